The van der Waals surface area contributed by atoms with E-state index < -0.39 is 23.6 Å². The summed E-state index contributed by atoms with van der Waals surface area (Å²) in [7, 11) is 0. The SMILES string of the molecule is CCOC(=O)C1=C(C)N(c2ccccc2)C(=O)C[C@@H]1C(=O)Nc1ccc(F)cc1. The van der Waals surface area contributed by atoms with Gasteiger partial charge in [0.15, 0.2) is 0 Å². The molecule has 0 saturated carbocycles. The van der Waals surface area contributed by atoms with Gasteiger partial charge >= 0.3 is 5.97 Å². The van der Waals surface area contributed by atoms with E-state index in [0.717, 1.165) is 0 Å². The number of hydrogen-bond acceptors (Lipinski definition) is 4. The predicted octanol–water partition coefficient (Wildman–Crippen LogP) is 3.65. The first-order chi connectivity index (χ1) is 13.9. The Labute approximate surface area is 168 Å². The third-order valence-corrected chi connectivity index (χ3v) is 4.64. The fraction of sp³-hybridized carbons (Fsp3) is 0.227. The van der Waals surface area contributed by atoms with Gasteiger partial charge in [-0.3, -0.25) is 14.5 Å². The van der Waals surface area contributed by atoms with Gasteiger partial charge in [0, 0.05) is 23.5 Å². The molecule has 1 aliphatic heterocycles. The molecule has 1 aliphatic rings. The summed E-state index contributed by atoms with van der Waals surface area (Å²) >= 11 is 0. The van der Waals surface area contributed by atoms with Crippen molar-refractivity contribution >= 4 is 29.2 Å². The molecule has 2 amide bonds. The summed E-state index contributed by atoms with van der Waals surface area (Å²) in [5.74, 6) is -2.91. The summed E-state index contributed by atoms with van der Waals surface area (Å²) < 4.78 is 18.3. The van der Waals surface area contributed by atoms with Crippen LogP contribution in [0.1, 0.15) is 20.3 Å². The molecule has 150 valence electrons. The van der Waals surface area contributed by atoms with Crippen LogP contribution in [0.5, 0.6) is 0 Å². The second kappa shape index (κ2) is 8.68. The topological polar surface area (TPSA) is 75.7 Å². The quantitative estimate of drug-likeness (QED) is 0.783. The van der Waals surface area contributed by atoms with Crippen LogP contribution in [0.3, 0.4) is 0 Å². The molecule has 3 rings (SSSR count). The normalized spacial score (nSPS) is 16.6. The van der Waals surface area contributed by atoms with Crippen LogP contribution in [-0.4, -0.2) is 24.4 Å². The first-order valence-corrected chi connectivity index (χ1v) is 9.24. The lowest BCUT2D eigenvalue weighted by molar-refractivity contribution is -0.141. The number of amides is 2. The van der Waals surface area contributed by atoms with Crippen LogP contribution in [0, 0.1) is 11.7 Å². The van der Waals surface area contributed by atoms with Crippen molar-refractivity contribution in [3.05, 3.63) is 71.7 Å². The van der Waals surface area contributed by atoms with Gasteiger partial charge < -0.3 is 10.1 Å². The van der Waals surface area contributed by atoms with Crippen molar-refractivity contribution in [1.29, 1.82) is 0 Å². The molecule has 1 heterocycles. The number of benzene rings is 2. The van der Waals surface area contributed by atoms with Gasteiger partial charge in [-0.25, -0.2) is 9.18 Å². The van der Waals surface area contributed by atoms with E-state index in [4.69, 9.17) is 4.74 Å². The second-order valence-corrected chi connectivity index (χ2v) is 6.54. The Morgan fingerprint density at radius 2 is 1.79 bits per heavy atom. The number of halogens is 1. The van der Waals surface area contributed by atoms with Crippen LogP contribution in [-0.2, 0) is 19.1 Å². The van der Waals surface area contributed by atoms with E-state index in [-0.39, 0.29) is 24.5 Å². The smallest absolute Gasteiger partial charge is 0.336 e. The molecule has 0 spiro atoms. The molecule has 0 unspecified atom stereocenters. The largest absolute Gasteiger partial charge is 0.463 e. The van der Waals surface area contributed by atoms with Crippen molar-refractivity contribution in [1.82, 2.24) is 0 Å². The third kappa shape index (κ3) is 4.34. The molecular weight excluding hydrogens is 375 g/mol. The Morgan fingerprint density at radius 3 is 2.41 bits per heavy atom. The number of anilines is 2. The highest BCUT2D eigenvalue weighted by molar-refractivity contribution is 6.10. The molecular formula is C22H21FN2O4. The molecule has 1 atom stereocenters. The molecule has 0 aliphatic carbocycles. The number of hydrogen-bond donors (Lipinski definition) is 1. The van der Waals surface area contributed by atoms with Crippen LogP contribution in [0.2, 0.25) is 0 Å². The third-order valence-electron chi connectivity index (χ3n) is 4.64. The van der Waals surface area contributed by atoms with Crippen molar-refractivity contribution in [2.45, 2.75) is 20.3 Å². The summed E-state index contributed by atoms with van der Waals surface area (Å²) in [6, 6.07) is 14.1. The van der Waals surface area contributed by atoms with E-state index in [2.05, 4.69) is 5.32 Å². The lowest BCUT2D eigenvalue weighted by Crippen LogP contribution is -2.43. The monoisotopic (exact) mass is 396 g/mol. The Bertz CT molecular complexity index is 955. The first-order valence-electron chi connectivity index (χ1n) is 9.24. The Morgan fingerprint density at radius 1 is 1.14 bits per heavy atom. The van der Waals surface area contributed by atoms with Gasteiger partial charge in [0.05, 0.1) is 18.1 Å². The van der Waals surface area contributed by atoms with Gasteiger partial charge in [-0.2, -0.15) is 0 Å². The van der Waals surface area contributed by atoms with Gasteiger partial charge in [-0.15, -0.1) is 0 Å². The van der Waals surface area contributed by atoms with E-state index in [1.807, 2.05) is 6.07 Å². The van der Waals surface area contributed by atoms with Crippen LogP contribution >= 0.6 is 0 Å². The fourth-order valence-corrected chi connectivity index (χ4v) is 3.33. The van der Waals surface area contributed by atoms with Gasteiger partial charge in [-0.05, 0) is 50.2 Å². The maximum atomic E-state index is 13.1. The number of para-hydroxylation sites is 1. The van der Waals surface area contributed by atoms with E-state index in [9.17, 15) is 18.8 Å². The number of esters is 1. The molecule has 2 aromatic rings. The molecule has 0 fully saturated rings. The number of nitrogens with zero attached hydrogens (tertiary/aromatic N) is 1. The van der Waals surface area contributed by atoms with Gasteiger partial charge in [0.2, 0.25) is 11.8 Å². The van der Waals surface area contributed by atoms with Crippen molar-refractivity contribution < 1.29 is 23.5 Å². The van der Waals surface area contributed by atoms with Crippen molar-refractivity contribution in [2.24, 2.45) is 5.92 Å². The van der Waals surface area contributed by atoms with Crippen molar-refractivity contribution in [3.8, 4) is 0 Å². The van der Waals surface area contributed by atoms with Gasteiger partial charge in [0.25, 0.3) is 0 Å². The summed E-state index contributed by atoms with van der Waals surface area (Å²) in [6.07, 6.45) is -0.187. The van der Waals surface area contributed by atoms with Gasteiger partial charge in [-0.1, -0.05) is 18.2 Å². The molecule has 1 N–H and O–H groups in total. The maximum absolute atomic E-state index is 13.1. The molecule has 29 heavy (non-hydrogen) atoms. The zero-order valence-electron chi connectivity index (χ0n) is 16.1. The van der Waals surface area contributed by atoms with Crippen LogP contribution in [0.25, 0.3) is 0 Å². The lowest BCUT2D eigenvalue weighted by Gasteiger charge is -2.33. The average molecular weight is 396 g/mol. The van der Waals surface area contributed by atoms with Crippen LogP contribution < -0.4 is 10.2 Å². The highest BCUT2D eigenvalue weighted by Gasteiger charge is 2.40. The molecule has 0 aromatic heterocycles. The van der Waals surface area contributed by atoms with E-state index in [1.54, 1.807) is 38.1 Å². The number of nitrogens with one attached hydrogen (secondary N) is 1. The average Bonchev–Trinajstić information content (AvgIpc) is 2.70. The number of ether oxygens (including phenoxy) is 1. The lowest BCUT2D eigenvalue weighted by atomic mass is 9.88. The first kappa shape index (κ1) is 20.3. The van der Waals surface area contributed by atoms with E-state index in [1.165, 1.54) is 29.2 Å². The standard InChI is InChI=1S/C22H21FN2O4/c1-3-29-22(28)20-14(2)25(17-7-5-4-6-8-17)19(26)13-18(20)21(27)24-16-11-9-15(23)10-12-16/h4-12,18H,3,13H2,1-2H3,(H,24,27)/t18-/m0/s1. The van der Waals surface area contributed by atoms with Crippen LogP contribution in [0.4, 0.5) is 15.8 Å². The Kier molecular flexibility index (Phi) is 6.07. The Balaban J connectivity index is 1.98. The zero-order valence-corrected chi connectivity index (χ0v) is 16.1. The predicted molar refractivity (Wildman–Crippen MR) is 106 cm³/mol. The maximum Gasteiger partial charge on any atom is 0.336 e. The molecule has 7 heteroatoms. The van der Waals surface area contributed by atoms with Crippen LogP contribution in [0.15, 0.2) is 65.9 Å². The number of rotatable bonds is 5. The molecule has 2 aromatic carbocycles. The summed E-state index contributed by atoms with van der Waals surface area (Å²) in [4.78, 5) is 39.8. The van der Waals surface area contributed by atoms with Crippen molar-refractivity contribution in [3.63, 3.8) is 0 Å². The molecule has 6 nitrogen and oxygen atoms in total. The Hall–Kier alpha value is -3.48. The minimum Gasteiger partial charge on any atom is -0.463 e. The summed E-state index contributed by atoms with van der Waals surface area (Å²) in [5, 5.41) is 2.64. The fourth-order valence-electron chi connectivity index (χ4n) is 3.33. The second-order valence-electron chi connectivity index (χ2n) is 6.54. The van der Waals surface area contributed by atoms with E-state index in [0.29, 0.717) is 17.1 Å². The summed E-state index contributed by atoms with van der Waals surface area (Å²) in [6.45, 7) is 3.43. The summed E-state index contributed by atoms with van der Waals surface area (Å²) in [5.41, 5.74) is 1.46. The van der Waals surface area contributed by atoms with Gasteiger partial charge in [0.1, 0.15) is 5.82 Å². The number of carbonyl (C=O) groups is 3. The molecule has 0 bridgehead atoms. The van der Waals surface area contributed by atoms with E-state index >= 15 is 0 Å². The highest BCUT2D eigenvalue weighted by Crippen LogP contribution is 2.34. The molecule has 0 saturated heterocycles. The minimum absolute atomic E-state index is 0.134. The minimum atomic E-state index is -1.01. The molecule has 0 radical (unpaired) electrons. The zero-order chi connectivity index (χ0) is 21.0. The van der Waals surface area contributed by atoms with Crippen molar-refractivity contribution in [2.75, 3.05) is 16.8 Å². The number of carbonyl (C=O) groups excluding carboxylic acids is 3. The highest BCUT2D eigenvalue weighted by atomic mass is 19.1. The number of allylic oxidation sites excluding steroid dienone is 1.